The molecule has 0 aliphatic heterocycles. The fourth-order valence-corrected chi connectivity index (χ4v) is 1.85. The first-order valence-electron chi connectivity index (χ1n) is 6.33. The third kappa shape index (κ3) is 4.91. The van der Waals surface area contributed by atoms with E-state index >= 15 is 0 Å². The number of nitrogens with one attached hydrogen (secondary N) is 2. The number of methoxy groups -OCH3 is 1. The average molecular weight is 258 g/mol. The number of hydrogen-bond donors (Lipinski definition) is 3. The maximum absolute atomic E-state index is 11.4. The summed E-state index contributed by atoms with van der Waals surface area (Å²) in [6, 6.07) is 0.0189. The molecule has 0 aromatic carbocycles. The SMILES string of the molecule is COC1CC(NC(=O)NCCCC(C)C(=O)O)C1. The van der Waals surface area contributed by atoms with Crippen LogP contribution < -0.4 is 10.6 Å². The number of carbonyl (C=O) groups excluding carboxylic acids is 1. The van der Waals surface area contributed by atoms with E-state index in [1.807, 2.05) is 0 Å². The van der Waals surface area contributed by atoms with Crippen LogP contribution in [0.15, 0.2) is 0 Å². The molecule has 0 bridgehead atoms. The smallest absolute Gasteiger partial charge is 0.315 e. The van der Waals surface area contributed by atoms with Crippen molar-refractivity contribution in [2.75, 3.05) is 13.7 Å². The molecule has 1 saturated carbocycles. The molecule has 0 aromatic rings. The van der Waals surface area contributed by atoms with Crippen molar-refractivity contribution >= 4 is 12.0 Å². The predicted octanol–water partition coefficient (Wildman–Crippen LogP) is 0.964. The Bertz CT molecular complexity index is 290. The Balaban J connectivity index is 1.99. The summed E-state index contributed by atoms with van der Waals surface area (Å²) >= 11 is 0. The number of carboxylic acid groups (broad SMARTS) is 1. The van der Waals surface area contributed by atoms with Crippen molar-refractivity contribution in [1.29, 1.82) is 0 Å². The number of amides is 2. The number of ether oxygens (including phenoxy) is 1. The predicted molar refractivity (Wildman–Crippen MR) is 66.4 cm³/mol. The Morgan fingerprint density at radius 1 is 1.44 bits per heavy atom. The number of carboxylic acids is 1. The highest BCUT2D eigenvalue weighted by atomic mass is 16.5. The molecule has 0 aromatic heterocycles. The van der Waals surface area contributed by atoms with Crippen molar-refractivity contribution in [2.24, 2.45) is 5.92 Å². The summed E-state index contributed by atoms with van der Waals surface area (Å²) in [5.41, 5.74) is 0. The molecule has 1 fully saturated rings. The van der Waals surface area contributed by atoms with Crippen LogP contribution in [-0.2, 0) is 9.53 Å². The lowest BCUT2D eigenvalue weighted by Crippen LogP contribution is -2.50. The van der Waals surface area contributed by atoms with E-state index < -0.39 is 5.97 Å². The van der Waals surface area contributed by atoms with Gasteiger partial charge < -0.3 is 20.5 Å². The third-order valence-corrected chi connectivity index (χ3v) is 3.28. The van der Waals surface area contributed by atoms with Crippen molar-refractivity contribution in [3.05, 3.63) is 0 Å². The number of carbonyl (C=O) groups is 2. The van der Waals surface area contributed by atoms with Crippen molar-refractivity contribution in [3.63, 3.8) is 0 Å². The average Bonchev–Trinajstić information content (AvgIpc) is 2.28. The monoisotopic (exact) mass is 258 g/mol. The molecule has 1 atom stereocenters. The fourth-order valence-electron chi connectivity index (χ4n) is 1.85. The van der Waals surface area contributed by atoms with E-state index in [4.69, 9.17) is 9.84 Å². The van der Waals surface area contributed by atoms with Gasteiger partial charge in [-0.05, 0) is 25.7 Å². The van der Waals surface area contributed by atoms with Gasteiger partial charge in [-0.25, -0.2) is 4.79 Å². The molecular formula is C12H22N2O4. The number of aliphatic carboxylic acids is 1. The zero-order valence-corrected chi connectivity index (χ0v) is 10.9. The Labute approximate surface area is 107 Å². The molecule has 1 unspecified atom stereocenters. The number of hydrogen-bond acceptors (Lipinski definition) is 3. The zero-order chi connectivity index (χ0) is 13.5. The van der Waals surface area contributed by atoms with Crippen LogP contribution in [-0.4, -0.2) is 42.9 Å². The van der Waals surface area contributed by atoms with Gasteiger partial charge in [0.15, 0.2) is 0 Å². The quantitative estimate of drug-likeness (QED) is 0.594. The molecule has 3 N–H and O–H groups in total. The van der Waals surface area contributed by atoms with Crippen LogP contribution in [0.4, 0.5) is 4.79 Å². The molecule has 6 nitrogen and oxygen atoms in total. The largest absolute Gasteiger partial charge is 0.481 e. The molecule has 1 rings (SSSR count). The summed E-state index contributed by atoms with van der Waals surface area (Å²) in [6.45, 7) is 2.17. The van der Waals surface area contributed by atoms with Crippen molar-refractivity contribution in [2.45, 2.75) is 44.8 Å². The first-order chi connectivity index (χ1) is 8.52. The highest BCUT2D eigenvalue weighted by Crippen LogP contribution is 2.22. The molecule has 0 radical (unpaired) electrons. The lowest BCUT2D eigenvalue weighted by atomic mass is 9.89. The van der Waals surface area contributed by atoms with E-state index in [0.29, 0.717) is 19.4 Å². The Hall–Kier alpha value is -1.30. The minimum absolute atomic E-state index is 0.183. The van der Waals surface area contributed by atoms with Crippen molar-refractivity contribution < 1.29 is 19.4 Å². The minimum Gasteiger partial charge on any atom is -0.481 e. The molecule has 1 aliphatic rings. The van der Waals surface area contributed by atoms with E-state index in [2.05, 4.69) is 10.6 Å². The molecule has 2 amide bonds. The molecule has 1 aliphatic carbocycles. The minimum atomic E-state index is -0.792. The van der Waals surface area contributed by atoms with Gasteiger partial charge in [0.25, 0.3) is 0 Å². The summed E-state index contributed by atoms with van der Waals surface area (Å²) in [7, 11) is 1.67. The van der Waals surface area contributed by atoms with Crippen LogP contribution in [0.2, 0.25) is 0 Å². The lowest BCUT2D eigenvalue weighted by molar-refractivity contribution is -0.141. The van der Waals surface area contributed by atoms with Gasteiger partial charge in [0.2, 0.25) is 0 Å². The molecule has 0 spiro atoms. The summed E-state index contributed by atoms with van der Waals surface area (Å²) in [6.07, 6.45) is 3.24. The number of rotatable bonds is 7. The second kappa shape index (κ2) is 7.20. The second-order valence-electron chi connectivity index (χ2n) is 4.81. The first kappa shape index (κ1) is 14.8. The van der Waals surface area contributed by atoms with E-state index in [-0.39, 0.29) is 24.1 Å². The van der Waals surface area contributed by atoms with Crippen molar-refractivity contribution in [1.82, 2.24) is 10.6 Å². The van der Waals surface area contributed by atoms with E-state index in [9.17, 15) is 9.59 Å². The topological polar surface area (TPSA) is 87.7 Å². The van der Waals surface area contributed by atoms with Crippen LogP contribution >= 0.6 is 0 Å². The summed E-state index contributed by atoms with van der Waals surface area (Å²) in [4.78, 5) is 22.0. The Morgan fingerprint density at radius 3 is 2.67 bits per heavy atom. The van der Waals surface area contributed by atoms with Crippen molar-refractivity contribution in [3.8, 4) is 0 Å². The van der Waals surface area contributed by atoms with Gasteiger partial charge >= 0.3 is 12.0 Å². The van der Waals surface area contributed by atoms with Gasteiger partial charge in [-0.3, -0.25) is 4.79 Å². The molecule has 0 saturated heterocycles. The van der Waals surface area contributed by atoms with Crippen LogP contribution in [0.5, 0.6) is 0 Å². The molecule has 104 valence electrons. The Kier molecular flexibility index (Phi) is 5.91. The number of urea groups is 1. The van der Waals surface area contributed by atoms with Gasteiger partial charge in [0, 0.05) is 19.7 Å². The van der Waals surface area contributed by atoms with E-state index in [0.717, 1.165) is 12.8 Å². The first-order valence-corrected chi connectivity index (χ1v) is 6.33. The van der Waals surface area contributed by atoms with Gasteiger partial charge in [-0.15, -0.1) is 0 Å². The highest BCUT2D eigenvalue weighted by Gasteiger charge is 2.29. The molecule has 0 heterocycles. The molecule has 6 heteroatoms. The van der Waals surface area contributed by atoms with Crippen LogP contribution in [0, 0.1) is 5.92 Å². The third-order valence-electron chi connectivity index (χ3n) is 3.28. The lowest BCUT2D eigenvalue weighted by Gasteiger charge is -2.34. The second-order valence-corrected chi connectivity index (χ2v) is 4.81. The summed E-state index contributed by atoms with van der Waals surface area (Å²) in [5, 5.41) is 14.3. The van der Waals surface area contributed by atoms with Gasteiger partial charge in [0.1, 0.15) is 0 Å². The normalized spacial score (nSPS) is 23.9. The highest BCUT2D eigenvalue weighted by molar-refractivity contribution is 5.74. The maximum Gasteiger partial charge on any atom is 0.315 e. The standard InChI is InChI=1S/C12H22N2O4/c1-8(11(15)16)4-3-5-13-12(17)14-9-6-10(7-9)18-2/h8-10H,3-7H2,1-2H3,(H,15,16)(H2,13,14,17). The fraction of sp³-hybridized carbons (Fsp3) is 0.833. The van der Waals surface area contributed by atoms with E-state index in [1.165, 1.54) is 0 Å². The van der Waals surface area contributed by atoms with Crippen LogP contribution in [0.1, 0.15) is 32.6 Å². The zero-order valence-electron chi connectivity index (χ0n) is 10.9. The van der Waals surface area contributed by atoms with Gasteiger partial charge in [0.05, 0.1) is 12.0 Å². The summed E-state index contributed by atoms with van der Waals surface area (Å²) < 4.78 is 5.12. The summed E-state index contributed by atoms with van der Waals surface area (Å²) in [5.74, 6) is -1.15. The Morgan fingerprint density at radius 2 is 2.11 bits per heavy atom. The van der Waals surface area contributed by atoms with Gasteiger partial charge in [-0.1, -0.05) is 6.92 Å². The molecular weight excluding hydrogens is 236 g/mol. The van der Waals surface area contributed by atoms with Crippen LogP contribution in [0.3, 0.4) is 0 Å². The maximum atomic E-state index is 11.4. The van der Waals surface area contributed by atoms with Gasteiger partial charge in [-0.2, -0.15) is 0 Å². The van der Waals surface area contributed by atoms with Crippen LogP contribution in [0.25, 0.3) is 0 Å². The molecule has 18 heavy (non-hydrogen) atoms. The van der Waals surface area contributed by atoms with E-state index in [1.54, 1.807) is 14.0 Å².